The van der Waals surface area contributed by atoms with Gasteiger partial charge in [-0.3, -0.25) is 9.59 Å². The Morgan fingerprint density at radius 2 is 1.52 bits per heavy atom. The summed E-state index contributed by atoms with van der Waals surface area (Å²) < 4.78 is 0. The van der Waals surface area contributed by atoms with Crippen LogP contribution >= 0.6 is 0 Å². The second kappa shape index (κ2) is 7.51. The first-order valence-electron chi connectivity index (χ1n) is 8.49. The highest BCUT2D eigenvalue weighted by atomic mass is 16.2. The monoisotopic (exact) mass is 338 g/mol. The van der Waals surface area contributed by atoms with Gasteiger partial charge in [0.25, 0.3) is 5.91 Å². The number of rotatable bonds is 4. The number of hydrogen-bond donors (Lipinski definition) is 2. The third-order valence-electron chi connectivity index (χ3n) is 3.90. The molecular formula is C21H26N2O2. The quantitative estimate of drug-likeness (QED) is 0.820. The Balaban J connectivity index is 2.09. The molecule has 0 aliphatic heterocycles. The first-order chi connectivity index (χ1) is 11.7. The van der Waals surface area contributed by atoms with Gasteiger partial charge in [-0.25, -0.2) is 0 Å². The Kier molecular flexibility index (Phi) is 5.62. The zero-order valence-corrected chi connectivity index (χ0v) is 15.5. The smallest absolute Gasteiger partial charge is 0.255 e. The Labute approximate surface area is 149 Å². The molecule has 2 amide bonds. The Morgan fingerprint density at radius 3 is 2.08 bits per heavy atom. The Hall–Kier alpha value is -2.62. The Morgan fingerprint density at radius 1 is 0.880 bits per heavy atom. The second-order valence-corrected chi connectivity index (χ2v) is 7.52. The molecule has 0 spiro atoms. The number of carbonyl (C=O) groups excluding carboxylic acids is 2. The fourth-order valence-corrected chi connectivity index (χ4v) is 2.21. The second-order valence-electron chi connectivity index (χ2n) is 7.52. The molecule has 2 aromatic carbocycles. The van der Waals surface area contributed by atoms with Crippen molar-refractivity contribution < 1.29 is 9.59 Å². The minimum Gasteiger partial charge on any atom is -0.326 e. The Bertz CT molecular complexity index is 756. The van der Waals surface area contributed by atoms with E-state index >= 15 is 0 Å². The van der Waals surface area contributed by atoms with Gasteiger partial charge in [0.05, 0.1) is 0 Å². The van der Waals surface area contributed by atoms with Crippen LogP contribution < -0.4 is 10.6 Å². The summed E-state index contributed by atoms with van der Waals surface area (Å²) in [5.41, 5.74) is 2.60. The number of nitrogens with one attached hydrogen (secondary N) is 2. The predicted octanol–water partition coefficient (Wildman–Crippen LogP) is 5.05. The largest absolute Gasteiger partial charge is 0.326 e. The van der Waals surface area contributed by atoms with Crippen molar-refractivity contribution in [2.45, 2.75) is 40.5 Å². The summed E-state index contributed by atoms with van der Waals surface area (Å²) in [6.07, 6.45) is 0. The van der Waals surface area contributed by atoms with Crippen LogP contribution in [0.2, 0.25) is 0 Å². The summed E-state index contributed by atoms with van der Waals surface area (Å²) in [7, 11) is 0. The molecule has 0 unspecified atom stereocenters. The van der Waals surface area contributed by atoms with Crippen LogP contribution in [0, 0.1) is 5.41 Å². The van der Waals surface area contributed by atoms with Crippen LogP contribution in [0.5, 0.6) is 0 Å². The van der Waals surface area contributed by atoms with E-state index in [-0.39, 0.29) is 11.8 Å². The molecule has 0 aliphatic rings. The highest BCUT2D eigenvalue weighted by Gasteiger charge is 2.21. The van der Waals surface area contributed by atoms with Crippen LogP contribution in [0.4, 0.5) is 11.4 Å². The maximum atomic E-state index is 12.4. The van der Waals surface area contributed by atoms with E-state index in [0.717, 1.165) is 5.69 Å². The van der Waals surface area contributed by atoms with Gasteiger partial charge < -0.3 is 10.6 Å². The number of benzene rings is 2. The van der Waals surface area contributed by atoms with Crippen molar-refractivity contribution in [3.8, 4) is 0 Å². The fraction of sp³-hybridized carbons (Fsp3) is 0.333. The average molecular weight is 338 g/mol. The van der Waals surface area contributed by atoms with Gasteiger partial charge >= 0.3 is 0 Å². The van der Waals surface area contributed by atoms with Crippen LogP contribution in [0.3, 0.4) is 0 Å². The summed E-state index contributed by atoms with van der Waals surface area (Å²) in [4.78, 5) is 24.5. The van der Waals surface area contributed by atoms with Crippen molar-refractivity contribution in [1.29, 1.82) is 0 Å². The lowest BCUT2D eigenvalue weighted by Gasteiger charge is -2.18. The van der Waals surface area contributed by atoms with Crippen molar-refractivity contribution in [3.05, 3.63) is 59.7 Å². The van der Waals surface area contributed by atoms with E-state index in [0.29, 0.717) is 17.2 Å². The molecule has 0 heterocycles. The number of anilines is 2. The van der Waals surface area contributed by atoms with Gasteiger partial charge in [-0.15, -0.1) is 0 Å². The van der Waals surface area contributed by atoms with Gasteiger partial charge in [-0.2, -0.15) is 0 Å². The summed E-state index contributed by atoms with van der Waals surface area (Å²) in [5.74, 6) is 0.159. The highest BCUT2D eigenvalue weighted by molar-refractivity contribution is 6.05. The normalized spacial score (nSPS) is 11.3. The molecule has 0 fully saturated rings. The molecule has 4 nitrogen and oxygen atoms in total. The third kappa shape index (κ3) is 5.18. The zero-order valence-electron chi connectivity index (χ0n) is 15.5. The van der Waals surface area contributed by atoms with E-state index in [1.54, 1.807) is 24.3 Å². The molecule has 132 valence electrons. The summed E-state index contributed by atoms with van der Waals surface area (Å²) in [6.45, 7) is 9.80. The van der Waals surface area contributed by atoms with Crippen molar-refractivity contribution in [1.82, 2.24) is 0 Å². The third-order valence-corrected chi connectivity index (χ3v) is 3.90. The highest BCUT2D eigenvalue weighted by Crippen LogP contribution is 2.20. The van der Waals surface area contributed by atoms with Gasteiger partial charge in [0, 0.05) is 22.4 Å². The molecule has 0 saturated carbocycles. The van der Waals surface area contributed by atoms with E-state index in [2.05, 4.69) is 24.5 Å². The van der Waals surface area contributed by atoms with Crippen LogP contribution in [0.1, 0.15) is 56.5 Å². The SMILES string of the molecule is CC(C)c1ccc(NC(=O)c2cccc(NC(=O)C(C)(C)C)c2)cc1. The molecule has 25 heavy (non-hydrogen) atoms. The lowest BCUT2D eigenvalue weighted by Crippen LogP contribution is -2.27. The van der Waals surface area contributed by atoms with Crippen LogP contribution in [0.15, 0.2) is 48.5 Å². The van der Waals surface area contributed by atoms with E-state index in [1.807, 2.05) is 45.0 Å². The maximum absolute atomic E-state index is 12.4. The molecule has 2 N–H and O–H groups in total. The minimum atomic E-state index is -0.490. The summed E-state index contributed by atoms with van der Waals surface area (Å²) in [6, 6.07) is 14.8. The summed E-state index contributed by atoms with van der Waals surface area (Å²) in [5, 5.41) is 5.73. The lowest BCUT2D eigenvalue weighted by molar-refractivity contribution is -0.123. The van der Waals surface area contributed by atoms with E-state index in [4.69, 9.17) is 0 Å². The first-order valence-corrected chi connectivity index (χ1v) is 8.49. The van der Waals surface area contributed by atoms with Crippen LogP contribution in [-0.4, -0.2) is 11.8 Å². The fourth-order valence-electron chi connectivity index (χ4n) is 2.21. The predicted molar refractivity (Wildman–Crippen MR) is 103 cm³/mol. The molecular weight excluding hydrogens is 312 g/mol. The standard InChI is InChI=1S/C21H26N2O2/c1-14(2)15-9-11-17(12-10-15)22-19(24)16-7-6-8-18(13-16)23-20(25)21(3,4)5/h6-14H,1-5H3,(H,22,24)(H,23,25). The average Bonchev–Trinajstić information content (AvgIpc) is 2.54. The molecule has 4 heteroatoms. The van der Waals surface area contributed by atoms with Gasteiger partial charge in [-0.1, -0.05) is 52.8 Å². The van der Waals surface area contributed by atoms with Gasteiger partial charge in [0.2, 0.25) is 5.91 Å². The van der Waals surface area contributed by atoms with Gasteiger partial charge in [0.1, 0.15) is 0 Å². The van der Waals surface area contributed by atoms with E-state index < -0.39 is 5.41 Å². The van der Waals surface area contributed by atoms with Crippen LogP contribution in [0.25, 0.3) is 0 Å². The molecule has 0 aromatic heterocycles. The maximum Gasteiger partial charge on any atom is 0.255 e. The van der Waals surface area contributed by atoms with Crippen molar-refractivity contribution in [2.75, 3.05) is 10.6 Å². The minimum absolute atomic E-state index is 0.0886. The molecule has 0 saturated heterocycles. The van der Waals surface area contributed by atoms with Gasteiger partial charge in [0.15, 0.2) is 0 Å². The molecule has 0 aliphatic carbocycles. The number of hydrogen-bond acceptors (Lipinski definition) is 2. The van der Waals surface area contributed by atoms with Crippen molar-refractivity contribution in [2.24, 2.45) is 5.41 Å². The zero-order chi connectivity index (χ0) is 18.6. The van der Waals surface area contributed by atoms with E-state index in [9.17, 15) is 9.59 Å². The number of carbonyl (C=O) groups is 2. The van der Waals surface area contributed by atoms with Crippen molar-refractivity contribution >= 4 is 23.2 Å². The van der Waals surface area contributed by atoms with Crippen LogP contribution in [-0.2, 0) is 4.79 Å². The van der Waals surface area contributed by atoms with Crippen molar-refractivity contribution in [3.63, 3.8) is 0 Å². The topological polar surface area (TPSA) is 58.2 Å². The molecule has 0 atom stereocenters. The van der Waals surface area contributed by atoms with E-state index in [1.165, 1.54) is 5.56 Å². The summed E-state index contributed by atoms with van der Waals surface area (Å²) >= 11 is 0. The molecule has 2 rings (SSSR count). The first kappa shape index (κ1) is 18.7. The molecule has 0 bridgehead atoms. The molecule has 0 radical (unpaired) electrons. The molecule has 2 aromatic rings. The van der Waals surface area contributed by atoms with Gasteiger partial charge in [-0.05, 0) is 41.8 Å². The number of amides is 2. The lowest BCUT2D eigenvalue weighted by atomic mass is 9.95.